The highest BCUT2D eigenvalue weighted by atomic mass is 15.1. The van der Waals surface area contributed by atoms with Crippen molar-refractivity contribution in [3.63, 3.8) is 0 Å². The van der Waals surface area contributed by atoms with Crippen LogP contribution in [0.2, 0.25) is 0 Å². The van der Waals surface area contributed by atoms with Crippen molar-refractivity contribution in [3.8, 4) is 0 Å². The minimum atomic E-state index is 0.558. The number of nitrogens with zero attached hydrogens (tertiary/aromatic N) is 2. The minimum Gasteiger partial charge on any atom is -0.334 e. The van der Waals surface area contributed by atoms with Gasteiger partial charge in [-0.25, -0.2) is 4.98 Å². The Hall–Kier alpha value is -0.830. The van der Waals surface area contributed by atoms with Gasteiger partial charge in [-0.3, -0.25) is 0 Å². The molecule has 1 unspecified atom stereocenters. The highest BCUT2D eigenvalue weighted by molar-refractivity contribution is 5.10. The number of fused-ring (bicyclic) bond motifs is 1. The summed E-state index contributed by atoms with van der Waals surface area (Å²) in [7, 11) is 0. The van der Waals surface area contributed by atoms with Crippen molar-refractivity contribution in [1.82, 2.24) is 9.55 Å². The van der Waals surface area contributed by atoms with Crippen LogP contribution in [0.15, 0.2) is 12.5 Å². The standard InChI is InChI=1S/C7H11N3/c8-3-6-1-2-10-5-9-4-7(6)10/h4-6H,1-3,8H2. The Morgan fingerprint density at radius 1 is 1.80 bits per heavy atom. The fraction of sp³-hybridized carbons (Fsp3) is 0.571. The van der Waals surface area contributed by atoms with E-state index in [1.165, 1.54) is 12.1 Å². The van der Waals surface area contributed by atoms with E-state index in [0.717, 1.165) is 13.1 Å². The van der Waals surface area contributed by atoms with E-state index in [1.807, 2.05) is 12.5 Å². The van der Waals surface area contributed by atoms with E-state index < -0.39 is 0 Å². The van der Waals surface area contributed by atoms with E-state index in [-0.39, 0.29) is 0 Å². The average molecular weight is 137 g/mol. The lowest BCUT2D eigenvalue weighted by atomic mass is 10.1. The molecular weight excluding hydrogens is 126 g/mol. The smallest absolute Gasteiger partial charge is 0.0948 e. The Morgan fingerprint density at radius 3 is 3.50 bits per heavy atom. The molecule has 0 spiro atoms. The van der Waals surface area contributed by atoms with Gasteiger partial charge in [-0.05, 0) is 6.42 Å². The lowest BCUT2D eigenvalue weighted by Crippen LogP contribution is -2.08. The zero-order valence-corrected chi connectivity index (χ0v) is 5.83. The molecule has 0 saturated carbocycles. The van der Waals surface area contributed by atoms with Crippen LogP contribution in [0, 0.1) is 0 Å². The van der Waals surface area contributed by atoms with Gasteiger partial charge in [0.1, 0.15) is 0 Å². The van der Waals surface area contributed by atoms with E-state index in [2.05, 4.69) is 9.55 Å². The summed E-state index contributed by atoms with van der Waals surface area (Å²) in [6.45, 7) is 1.85. The molecule has 1 aromatic rings. The third-order valence-electron chi connectivity index (χ3n) is 2.17. The van der Waals surface area contributed by atoms with E-state index in [4.69, 9.17) is 5.73 Å². The molecule has 2 rings (SSSR count). The Kier molecular flexibility index (Phi) is 1.24. The summed E-state index contributed by atoms with van der Waals surface area (Å²) in [6.07, 6.45) is 4.99. The van der Waals surface area contributed by atoms with E-state index in [0.29, 0.717) is 5.92 Å². The monoisotopic (exact) mass is 137 g/mol. The van der Waals surface area contributed by atoms with Crippen LogP contribution in [0.4, 0.5) is 0 Å². The van der Waals surface area contributed by atoms with Gasteiger partial charge in [0.25, 0.3) is 0 Å². The van der Waals surface area contributed by atoms with Gasteiger partial charge in [-0.2, -0.15) is 0 Å². The third kappa shape index (κ3) is 0.671. The number of nitrogens with two attached hydrogens (primary N) is 1. The number of hydrogen-bond donors (Lipinski definition) is 1. The van der Waals surface area contributed by atoms with Gasteiger partial charge in [-0.1, -0.05) is 0 Å². The van der Waals surface area contributed by atoms with Crippen molar-refractivity contribution in [1.29, 1.82) is 0 Å². The second-order valence-electron chi connectivity index (χ2n) is 2.73. The number of hydrogen-bond acceptors (Lipinski definition) is 2. The first kappa shape index (κ1) is 5.92. The SMILES string of the molecule is NCC1CCn2cncc21. The second-order valence-corrected chi connectivity index (χ2v) is 2.73. The molecule has 1 aliphatic rings. The quantitative estimate of drug-likeness (QED) is 0.606. The Labute approximate surface area is 59.9 Å². The number of aromatic nitrogens is 2. The zero-order valence-electron chi connectivity index (χ0n) is 5.83. The van der Waals surface area contributed by atoms with Crippen LogP contribution in [0.5, 0.6) is 0 Å². The Bertz CT molecular complexity index is 229. The Morgan fingerprint density at radius 2 is 2.70 bits per heavy atom. The van der Waals surface area contributed by atoms with Crippen molar-refractivity contribution in [2.75, 3.05) is 6.54 Å². The van der Waals surface area contributed by atoms with Gasteiger partial charge >= 0.3 is 0 Å². The van der Waals surface area contributed by atoms with E-state index in [9.17, 15) is 0 Å². The van der Waals surface area contributed by atoms with Crippen LogP contribution in [0.1, 0.15) is 18.0 Å². The van der Waals surface area contributed by atoms with E-state index in [1.54, 1.807) is 0 Å². The lowest BCUT2D eigenvalue weighted by molar-refractivity contribution is 0.663. The number of rotatable bonds is 1. The lowest BCUT2D eigenvalue weighted by Gasteiger charge is -2.01. The second kappa shape index (κ2) is 2.09. The summed E-state index contributed by atoms with van der Waals surface area (Å²) < 4.78 is 2.18. The summed E-state index contributed by atoms with van der Waals surface area (Å²) in [6, 6.07) is 0. The predicted molar refractivity (Wildman–Crippen MR) is 38.6 cm³/mol. The molecule has 0 saturated heterocycles. The number of imidazole rings is 1. The van der Waals surface area contributed by atoms with Gasteiger partial charge < -0.3 is 10.3 Å². The molecule has 1 atom stereocenters. The molecule has 1 aromatic heterocycles. The van der Waals surface area contributed by atoms with Crippen LogP contribution < -0.4 is 5.73 Å². The highest BCUT2D eigenvalue weighted by Gasteiger charge is 2.20. The zero-order chi connectivity index (χ0) is 6.97. The molecule has 0 radical (unpaired) electrons. The topological polar surface area (TPSA) is 43.8 Å². The third-order valence-corrected chi connectivity index (χ3v) is 2.17. The molecule has 2 N–H and O–H groups in total. The number of aryl methyl sites for hydroxylation is 1. The van der Waals surface area contributed by atoms with Crippen LogP contribution in [-0.4, -0.2) is 16.1 Å². The van der Waals surface area contributed by atoms with Crippen LogP contribution in [0.25, 0.3) is 0 Å². The summed E-state index contributed by atoms with van der Waals surface area (Å²) >= 11 is 0. The van der Waals surface area contributed by atoms with Crippen molar-refractivity contribution < 1.29 is 0 Å². The van der Waals surface area contributed by atoms with Gasteiger partial charge in [-0.15, -0.1) is 0 Å². The van der Waals surface area contributed by atoms with Crippen LogP contribution in [0.3, 0.4) is 0 Å². The summed E-state index contributed by atoms with van der Waals surface area (Å²) in [5, 5.41) is 0. The molecule has 54 valence electrons. The minimum absolute atomic E-state index is 0.558. The van der Waals surface area contributed by atoms with Gasteiger partial charge in [0, 0.05) is 30.9 Å². The van der Waals surface area contributed by atoms with Crippen molar-refractivity contribution >= 4 is 0 Å². The maximum Gasteiger partial charge on any atom is 0.0948 e. The summed E-state index contributed by atoms with van der Waals surface area (Å²) in [4.78, 5) is 4.05. The summed E-state index contributed by atoms with van der Waals surface area (Å²) in [5.41, 5.74) is 6.87. The van der Waals surface area contributed by atoms with Crippen molar-refractivity contribution in [3.05, 3.63) is 18.2 Å². The predicted octanol–water partition coefficient (Wildman–Crippen LogP) is 0.329. The molecule has 3 nitrogen and oxygen atoms in total. The molecular formula is C7H11N3. The first-order valence-corrected chi connectivity index (χ1v) is 3.62. The fourth-order valence-electron chi connectivity index (χ4n) is 1.54. The van der Waals surface area contributed by atoms with Crippen LogP contribution in [-0.2, 0) is 6.54 Å². The molecule has 2 heterocycles. The maximum absolute atomic E-state index is 5.57. The molecule has 0 bridgehead atoms. The Balaban J connectivity index is 2.34. The molecule has 0 fully saturated rings. The molecule has 0 amide bonds. The van der Waals surface area contributed by atoms with Crippen molar-refractivity contribution in [2.24, 2.45) is 5.73 Å². The van der Waals surface area contributed by atoms with Crippen molar-refractivity contribution in [2.45, 2.75) is 18.9 Å². The molecule has 10 heavy (non-hydrogen) atoms. The molecule has 0 aliphatic carbocycles. The van der Waals surface area contributed by atoms with Gasteiger partial charge in [0.05, 0.1) is 6.33 Å². The average Bonchev–Trinajstić information content (AvgIpc) is 2.44. The fourth-order valence-corrected chi connectivity index (χ4v) is 1.54. The molecule has 1 aliphatic heterocycles. The largest absolute Gasteiger partial charge is 0.334 e. The molecule has 3 heteroatoms. The summed E-state index contributed by atoms with van der Waals surface area (Å²) in [5.74, 6) is 0.558. The normalized spacial score (nSPS) is 23.1. The van der Waals surface area contributed by atoms with E-state index >= 15 is 0 Å². The highest BCUT2D eigenvalue weighted by Crippen LogP contribution is 2.25. The van der Waals surface area contributed by atoms with Gasteiger partial charge in [0.2, 0.25) is 0 Å². The maximum atomic E-state index is 5.57. The first-order chi connectivity index (χ1) is 4.92. The molecule has 0 aromatic carbocycles. The van der Waals surface area contributed by atoms with Crippen LogP contribution >= 0.6 is 0 Å². The van der Waals surface area contributed by atoms with Gasteiger partial charge in [0.15, 0.2) is 0 Å². The first-order valence-electron chi connectivity index (χ1n) is 3.62.